The van der Waals surface area contributed by atoms with Crippen LogP contribution in [0.2, 0.25) is 0 Å². The Kier molecular flexibility index (Phi) is 5.08. The normalized spacial score (nSPS) is 17.6. The van der Waals surface area contributed by atoms with E-state index in [1.165, 1.54) is 18.4 Å². The Hall–Kier alpha value is -0.610. The summed E-state index contributed by atoms with van der Waals surface area (Å²) in [5.41, 5.74) is 1.48. The molecule has 1 aliphatic heterocycles. The quantitative estimate of drug-likeness (QED) is 0.908. The van der Waals surface area contributed by atoms with Crippen LogP contribution in [0.3, 0.4) is 0 Å². The predicted molar refractivity (Wildman–Crippen MR) is 89.4 cm³/mol. The van der Waals surface area contributed by atoms with Crippen LogP contribution in [-0.4, -0.2) is 30.2 Å². The van der Waals surface area contributed by atoms with E-state index in [0.29, 0.717) is 0 Å². The number of aromatic nitrogens is 1. The second-order valence-electron chi connectivity index (χ2n) is 6.85. The van der Waals surface area contributed by atoms with Gasteiger partial charge in [-0.3, -0.25) is 0 Å². The maximum absolute atomic E-state index is 4.54. The number of rotatable bonds is 3. The van der Waals surface area contributed by atoms with Gasteiger partial charge in [0.05, 0.1) is 0 Å². The molecule has 20 heavy (non-hydrogen) atoms. The van der Waals surface area contributed by atoms with Crippen LogP contribution in [0, 0.1) is 12.8 Å². The lowest BCUT2D eigenvalue weighted by Crippen LogP contribution is -2.43. The molecule has 1 aromatic heterocycles. The summed E-state index contributed by atoms with van der Waals surface area (Å²) < 4.78 is 1.09. The molecule has 1 saturated heterocycles. The molecule has 1 aromatic rings. The average molecular weight is 340 g/mol. The lowest BCUT2D eigenvalue weighted by molar-refractivity contribution is 0.328. The third-order valence-corrected chi connectivity index (χ3v) is 4.72. The molecule has 112 valence electrons. The van der Waals surface area contributed by atoms with Gasteiger partial charge in [0, 0.05) is 29.3 Å². The van der Waals surface area contributed by atoms with Crippen molar-refractivity contribution in [1.29, 1.82) is 0 Å². The van der Waals surface area contributed by atoms with Gasteiger partial charge >= 0.3 is 0 Å². The number of nitrogens with zero attached hydrogens (tertiary/aromatic N) is 2. The van der Waals surface area contributed by atoms with E-state index < -0.39 is 0 Å². The number of hydrogen-bond donors (Lipinski definition) is 1. The first-order valence-electron chi connectivity index (χ1n) is 7.47. The minimum absolute atomic E-state index is 0.224. The Morgan fingerprint density at radius 1 is 1.35 bits per heavy atom. The smallest absolute Gasteiger partial charge is 0.128 e. The number of hydrogen-bond acceptors (Lipinski definition) is 3. The van der Waals surface area contributed by atoms with Gasteiger partial charge in [-0.2, -0.15) is 0 Å². The standard InChI is InChI=1S/C16H26BrN3/c1-12-9-15(18-11-14(12)17)20-7-5-13(6-8-20)10-19-16(2,3)4/h9,11,13,19H,5-8,10H2,1-4H3. The first-order valence-corrected chi connectivity index (χ1v) is 8.26. The molecule has 2 rings (SSSR count). The van der Waals surface area contributed by atoms with E-state index in [0.717, 1.165) is 35.8 Å². The molecule has 0 aromatic carbocycles. The molecule has 0 atom stereocenters. The molecule has 3 nitrogen and oxygen atoms in total. The lowest BCUT2D eigenvalue weighted by atomic mass is 9.95. The lowest BCUT2D eigenvalue weighted by Gasteiger charge is -2.34. The number of anilines is 1. The molecular formula is C16H26BrN3. The molecule has 1 fully saturated rings. The van der Waals surface area contributed by atoms with Gasteiger partial charge in [0.15, 0.2) is 0 Å². The van der Waals surface area contributed by atoms with Gasteiger partial charge < -0.3 is 10.2 Å². The zero-order valence-corrected chi connectivity index (χ0v) is 14.6. The maximum Gasteiger partial charge on any atom is 0.128 e. The van der Waals surface area contributed by atoms with Gasteiger partial charge in [0.1, 0.15) is 5.82 Å². The van der Waals surface area contributed by atoms with Gasteiger partial charge in [0.25, 0.3) is 0 Å². The topological polar surface area (TPSA) is 28.2 Å². The molecule has 1 N–H and O–H groups in total. The molecule has 0 spiro atoms. The minimum Gasteiger partial charge on any atom is -0.357 e. The van der Waals surface area contributed by atoms with Crippen molar-refractivity contribution in [2.45, 2.75) is 46.1 Å². The molecule has 0 aliphatic carbocycles. The average Bonchev–Trinajstić information content (AvgIpc) is 2.39. The van der Waals surface area contributed by atoms with Crippen molar-refractivity contribution in [2.75, 3.05) is 24.5 Å². The van der Waals surface area contributed by atoms with Crippen LogP contribution in [0.4, 0.5) is 5.82 Å². The molecule has 0 bridgehead atoms. The highest BCUT2D eigenvalue weighted by atomic mass is 79.9. The van der Waals surface area contributed by atoms with Gasteiger partial charge in [-0.1, -0.05) is 0 Å². The first kappa shape index (κ1) is 15.8. The summed E-state index contributed by atoms with van der Waals surface area (Å²) >= 11 is 3.51. The van der Waals surface area contributed by atoms with Crippen molar-refractivity contribution in [1.82, 2.24) is 10.3 Å². The van der Waals surface area contributed by atoms with Crippen LogP contribution in [-0.2, 0) is 0 Å². The fourth-order valence-electron chi connectivity index (χ4n) is 2.51. The molecule has 0 saturated carbocycles. The minimum atomic E-state index is 0.224. The largest absolute Gasteiger partial charge is 0.357 e. The second-order valence-corrected chi connectivity index (χ2v) is 7.71. The Morgan fingerprint density at radius 2 is 2.00 bits per heavy atom. The monoisotopic (exact) mass is 339 g/mol. The fraction of sp³-hybridized carbons (Fsp3) is 0.688. The van der Waals surface area contributed by atoms with Crippen LogP contribution >= 0.6 is 15.9 Å². The summed E-state index contributed by atoms with van der Waals surface area (Å²) in [4.78, 5) is 6.95. The summed E-state index contributed by atoms with van der Waals surface area (Å²) in [7, 11) is 0. The summed E-state index contributed by atoms with van der Waals surface area (Å²) in [6.45, 7) is 12.2. The highest BCUT2D eigenvalue weighted by molar-refractivity contribution is 9.10. The second kappa shape index (κ2) is 6.44. The Labute approximate surface area is 131 Å². The SMILES string of the molecule is Cc1cc(N2CCC(CNC(C)(C)C)CC2)ncc1Br. The molecule has 1 aliphatic rings. The van der Waals surface area contributed by atoms with E-state index in [1.54, 1.807) is 0 Å². The van der Waals surface area contributed by atoms with Crippen LogP contribution in [0.1, 0.15) is 39.2 Å². The Bertz CT molecular complexity index is 446. The van der Waals surface area contributed by atoms with E-state index in [4.69, 9.17) is 0 Å². The van der Waals surface area contributed by atoms with Crippen molar-refractivity contribution in [3.05, 3.63) is 22.3 Å². The van der Waals surface area contributed by atoms with Gasteiger partial charge in [0.2, 0.25) is 0 Å². The molecule has 0 radical (unpaired) electrons. The Morgan fingerprint density at radius 3 is 2.55 bits per heavy atom. The molecule has 0 amide bonds. The van der Waals surface area contributed by atoms with E-state index in [2.05, 4.69) is 64.9 Å². The number of piperidine rings is 1. The predicted octanol–water partition coefficient (Wildman–Crippen LogP) is 3.76. The zero-order valence-electron chi connectivity index (χ0n) is 13.0. The van der Waals surface area contributed by atoms with E-state index in [9.17, 15) is 0 Å². The summed E-state index contributed by atoms with van der Waals surface area (Å²) in [6.07, 6.45) is 4.41. The summed E-state index contributed by atoms with van der Waals surface area (Å²) in [5.74, 6) is 1.91. The Balaban J connectivity index is 1.86. The van der Waals surface area contributed by atoms with Gasteiger partial charge in [-0.05, 0) is 80.6 Å². The van der Waals surface area contributed by atoms with Gasteiger partial charge in [-0.15, -0.1) is 0 Å². The van der Waals surface area contributed by atoms with Crippen molar-refractivity contribution in [3.63, 3.8) is 0 Å². The number of halogens is 1. The van der Waals surface area contributed by atoms with Crippen molar-refractivity contribution in [3.8, 4) is 0 Å². The highest BCUT2D eigenvalue weighted by Crippen LogP contribution is 2.24. The highest BCUT2D eigenvalue weighted by Gasteiger charge is 2.21. The van der Waals surface area contributed by atoms with E-state index >= 15 is 0 Å². The van der Waals surface area contributed by atoms with Crippen LogP contribution in [0.25, 0.3) is 0 Å². The number of nitrogens with one attached hydrogen (secondary N) is 1. The molecule has 2 heterocycles. The zero-order chi connectivity index (χ0) is 14.8. The number of aryl methyl sites for hydroxylation is 1. The molecular weight excluding hydrogens is 314 g/mol. The third-order valence-electron chi connectivity index (χ3n) is 3.89. The number of pyridine rings is 1. The summed E-state index contributed by atoms with van der Waals surface area (Å²) in [5, 5.41) is 3.62. The molecule has 0 unspecified atom stereocenters. The van der Waals surface area contributed by atoms with Crippen LogP contribution < -0.4 is 10.2 Å². The summed E-state index contributed by atoms with van der Waals surface area (Å²) in [6, 6.07) is 2.18. The van der Waals surface area contributed by atoms with E-state index in [-0.39, 0.29) is 5.54 Å². The first-order chi connectivity index (χ1) is 9.35. The van der Waals surface area contributed by atoms with Crippen molar-refractivity contribution < 1.29 is 0 Å². The fourth-order valence-corrected chi connectivity index (χ4v) is 2.73. The van der Waals surface area contributed by atoms with Gasteiger partial charge in [-0.25, -0.2) is 4.98 Å². The van der Waals surface area contributed by atoms with Crippen molar-refractivity contribution >= 4 is 21.7 Å². The maximum atomic E-state index is 4.54. The van der Waals surface area contributed by atoms with Crippen molar-refractivity contribution in [2.24, 2.45) is 5.92 Å². The van der Waals surface area contributed by atoms with Crippen LogP contribution in [0.5, 0.6) is 0 Å². The van der Waals surface area contributed by atoms with Crippen LogP contribution in [0.15, 0.2) is 16.7 Å². The third kappa shape index (κ3) is 4.45. The molecule has 4 heteroatoms. The van der Waals surface area contributed by atoms with E-state index in [1.807, 2.05) is 6.20 Å².